The maximum atomic E-state index is 12.3. The zero-order valence-electron chi connectivity index (χ0n) is 13.4. The van der Waals surface area contributed by atoms with Gasteiger partial charge in [-0.1, -0.05) is 0 Å². The maximum absolute atomic E-state index is 12.3. The van der Waals surface area contributed by atoms with Crippen LogP contribution in [0, 0.1) is 0 Å². The lowest BCUT2D eigenvalue weighted by Gasteiger charge is -2.23. The standard InChI is InChI=1S/C14H21ClN4O3/c1-6-22-10(20)8-19(5)11-9(7-16-13(15)17-11)12(21)18-14(2,3)4/h7H,6,8H2,1-5H3,(H,18,21). The van der Waals surface area contributed by atoms with Crippen molar-refractivity contribution in [3.63, 3.8) is 0 Å². The maximum Gasteiger partial charge on any atom is 0.325 e. The molecular formula is C14H21ClN4O3. The largest absolute Gasteiger partial charge is 0.465 e. The highest BCUT2D eigenvalue weighted by Gasteiger charge is 2.22. The second-order valence-electron chi connectivity index (χ2n) is 5.74. The number of nitrogens with one attached hydrogen (secondary N) is 1. The molecule has 0 atom stereocenters. The number of nitrogens with zero attached hydrogens (tertiary/aromatic N) is 3. The molecule has 0 saturated carbocycles. The molecule has 1 aromatic heterocycles. The monoisotopic (exact) mass is 328 g/mol. The molecule has 22 heavy (non-hydrogen) atoms. The van der Waals surface area contributed by atoms with E-state index in [-0.39, 0.29) is 35.7 Å². The second kappa shape index (κ2) is 7.40. The molecule has 0 radical (unpaired) electrons. The van der Waals surface area contributed by atoms with Crippen molar-refractivity contribution in [3.8, 4) is 0 Å². The first kappa shape index (κ1) is 18.2. The summed E-state index contributed by atoms with van der Waals surface area (Å²) in [6.07, 6.45) is 1.34. The molecular weight excluding hydrogens is 308 g/mol. The molecule has 1 amide bonds. The molecule has 1 rings (SSSR count). The smallest absolute Gasteiger partial charge is 0.325 e. The molecule has 122 valence electrons. The lowest BCUT2D eigenvalue weighted by molar-refractivity contribution is -0.141. The normalized spacial score (nSPS) is 11.0. The summed E-state index contributed by atoms with van der Waals surface area (Å²) < 4.78 is 4.89. The van der Waals surface area contributed by atoms with Crippen LogP contribution < -0.4 is 10.2 Å². The van der Waals surface area contributed by atoms with Gasteiger partial charge >= 0.3 is 5.97 Å². The molecule has 0 saturated heterocycles. The van der Waals surface area contributed by atoms with Crippen LogP contribution in [0.15, 0.2) is 6.20 Å². The summed E-state index contributed by atoms with van der Waals surface area (Å²) in [5, 5.41) is 2.82. The Labute approximate surface area is 135 Å². The van der Waals surface area contributed by atoms with E-state index >= 15 is 0 Å². The number of amides is 1. The number of ether oxygens (including phenoxy) is 1. The third kappa shape index (κ3) is 5.48. The van der Waals surface area contributed by atoms with Gasteiger partial charge in [-0.3, -0.25) is 9.59 Å². The molecule has 0 aliphatic carbocycles. The first-order chi connectivity index (χ1) is 10.1. The fourth-order valence-corrected chi connectivity index (χ4v) is 1.82. The van der Waals surface area contributed by atoms with Gasteiger partial charge in [0.05, 0.1) is 6.61 Å². The summed E-state index contributed by atoms with van der Waals surface area (Å²) in [4.78, 5) is 33.3. The van der Waals surface area contributed by atoms with Gasteiger partial charge in [-0.2, -0.15) is 4.98 Å². The van der Waals surface area contributed by atoms with Crippen molar-refractivity contribution in [1.82, 2.24) is 15.3 Å². The number of esters is 1. The van der Waals surface area contributed by atoms with Crippen LogP contribution in [-0.2, 0) is 9.53 Å². The quantitative estimate of drug-likeness (QED) is 0.653. The number of anilines is 1. The van der Waals surface area contributed by atoms with E-state index in [1.807, 2.05) is 20.8 Å². The summed E-state index contributed by atoms with van der Waals surface area (Å²) in [6, 6.07) is 0. The van der Waals surface area contributed by atoms with Gasteiger partial charge in [-0.25, -0.2) is 4.98 Å². The van der Waals surface area contributed by atoms with E-state index < -0.39 is 11.5 Å². The minimum absolute atomic E-state index is 0.00184. The van der Waals surface area contributed by atoms with Crippen molar-refractivity contribution < 1.29 is 14.3 Å². The van der Waals surface area contributed by atoms with Crippen molar-refractivity contribution in [1.29, 1.82) is 0 Å². The fourth-order valence-electron chi connectivity index (χ4n) is 1.69. The van der Waals surface area contributed by atoms with Crippen LogP contribution >= 0.6 is 11.6 Å². The molecule has 1 heterocycles. The Hall–Kier alpha value is -1.89. The van der Waals surface area contributed by atoms with Gasteiger partial charge in [0.15, 0.2) is 0 Å². The third-order valence-electron chi connectivity index (χ3n) is 2.51. The Balaban J connectivity index is 3.05. The highest BCUT2D eigenvalue weighted by atomic mass is 35.5. The van der Waals surface area contributed by atoms with E-state index in [9.17, 15) is 9.59 Å². The zero-order valence-corrected chi connectivity index (χ0v) is 14.2. The molecule has 8 heteroatoms. The lowest BCUT2D eigenvalue weighted by atomic mass is 10.1. The van der Waals surface area contributed by atoms with E-state index in [1.165, 1.54) is 11.1 Å². The fraction of sp³-hybridized carbons (Fsp3) is 0.571. The third-order valence-corrected chi connectivity index (χ3v) is 2.69. The Kier molecular flexibility index (Phi) is 6.11. The average molecular weight is 329 g/mol. The van der Waals surface area contributed by atoms with Gasteiger partial charge in [0.25, 0.3) is 5.91 Å². The number of rotatable bonds is 5. The first-order valence-electron chi connectivity index (χ1n) is 6.86. The average Bonchev–Trinajstić information content (AvgIpc) is 2.36. The van der Waals surface area contributed by atoms with E-state index in [4.69, 9.17) is 16.3 Å². The molecule has 1 aromatic rings. The molecule has 0 aliphatic heterocycles. The number of hydrogen-bond acceptors (Lipinski definition) is 6. The van der Waals surface area contributed by atoms with E-state index in [1.54, 1.807) is 14.0 Å². The summed E-state index contributed by atoms with van der Waals surface area (Å²) in [6.45, 7) is 7.56. The van der Waals surface area contributed by atoms with Gasteiger partial charge in [-0.05, 0) is 39.3 Å². The molecule has 0 spiro atoms. The van der Waals surface area contributed by atoms with Crippen molar-refractivity contribution in [2.75, 3.05) is 25.1 Å². The number of carbonyl (C=O) groups is 2. The number of hydrogen-bond donors (Lipinski definition) is 1. The van der Waals surface area contributed by atoms with Crippen molar-refractivity contribution in [3.05, 3.63) is 17.0 Å². The number of likely N-dealkylation sites (N-methyl/N-ethyl adjacent to an activating group) is 1. The molecule has 0 aliphatic rings. The summed E-state index contributed by atoms with van der Waals surface area (Å²) in [5.41, 5.74) is -0.167. The summed E-state index contributed by atoms with van der Waals surface area (Å²) in [5.74, 6) is -0.480. The van der Waals surface area contributed by atoms with Gasteiger partial charge in [0.2, 0.25) is 5.28 Å². The Morgan fingerprint density at radius 1 is 1.41 bits per heavy atom. The van der Waals surface area contributed by atoms with Crippen LogP contribution in [-0.4, -0.2) is 47.6 Å². The topological polar surface area (TPSA) is 84.4 Å². The van der Waals surface area contributed by atoms with E-state index in [2.05, 4.69) is 15.3 Å². The number of halogens is 1. The molecule has 0 bridgehead atoms. The highest BCUT2D eigenvalue weighted by molar-refractivity contribution is 6.28. The van der Waals surface area contributed by atoms with Crippen LogP contribution in [0.1, 0.15) is 38.1 Å². The zero-order chi connectivity index (χ0) is 16.9. The minimum atomic E-state index is -0.415. The van der Waals surface area contributed by atoms with Crippen molar-refractivity contribution in [2.24, 2.45) is 0 Å². The van der Waals surface area contributed by atoms with E-state index in [0.29, 0.717) is 0 Å². The van der Waals surface area contributed by atoms with Gasteiger partial charge < -0.3 is 15.0 Å². The predicted molar refractivity (Wildman–Crippen MR) is 84.2 cm³/mol. The predicted octanol–water partition coefficient (Wildman–Crippen LogP) is 1.66. The Morgan fingerprint density at radius 3 is 2.59 bits per heavy atom. The summed E-state index contributed by atoms with van der Waals surface area (Å²) in [7, 11) is 1.63. The first-order valence-corrected chi connectivity index (χ1v) is 7.23. The van der Waals surface area contributed by atoms with Gasteiger partial charge in [0, 0.05) is 18.8 Å². The van der Waals surface area contributed by atoms with E-state index in [0.717, 1.165) is 0 Å². The second-order valence-corrected chi connectivity index (χ2v) is 6.08. The molecule has 0 unspecified atom stereocenters. The minimum Gasteiger partial charge on any atom is -0.465 e. The van der Waals surface area contributed by atoms with Crippen molar-refractivity contribution in [2.45, 2.75) is 33.2 Å². The highest BCUT2D eigenvalue weighted by Crippen LogP contribution is 2.19. The van der Waals surface area contributed by atoms with Crippen LogP contribution in [0.4, 0.5) is 5.82 Å². The SMILES string of the molecule is CCOC(=O)CN(C)c1nc(Cl)ncc1C(=O)NC(C)(C)C. The molecule has 0 aromatic carbocycles. The van der Waals surface area contributed by atoms with Crippen LogP contribution in [0.3, 0.4) is 0 Å². The molecule has 7 nitrogen and oxygen atoms in total. The number of aromatic nitrogens is 2. The van der Waals surface area contributed by atoms with Crippen LogP contribution in [0.5, 0.6) is 0 Å². The van der Waals surface area contributed by atoms with Crippen LogP contribution in [0.25, 0.3) is 0 Å². The Morgan fingerprint density at radius 2 is 2.05 bits per heavy atom. The lowest BCUT2D eigenvalue weighted by Crippen LogP contribution is -2.41. The summed E-state index contributed by atoms with van der Waals surface area (Å²) >= 11 is 5.80. The van der Waals surface area contributed by atoms with Gasteiger partial charge in [0.1, 0.15) is 17.9 Å². The molecule has 0 fully saturated rings. The molecule has 1 N–H and O–H groups in total. The van der Waals surface area contributed by atoms with Crippen LogP contribution in [0.2, 0.25) is 5.28 Å². The van der Waals surface area contributed by atoms with Crippen molar-refractivity contribution >= 4 is 29.3 Å². The number of carbonyl (C=O) groups excluding carboxylic acids is 2. The van der Waals surface area contributed by atoms with Gasteiger partial charge in [-0.15, -0.1) is 0 Å². The Bertz CT molecular complexity index is 558.